The van der Waals surface area contributed by atoms with Gasteiger partial charge in [0.15, 0.2) is 16.6 Å². The van der Waals surface area contributed by atoms with Gasteiger partial charge >= 0.3 is 0 Å². The number of aromatic nitrogens is 2. The van der Waals surface area contributed by atoms with Crippen molar-refractivity contribution in [2.45, 2.75) is 16.2 Å². The number of carbonyl (C=O) groups excluding carboxylic acids is 1. The van der Waals surface area contributed by atoms with Gasteiger partial charge in [-0.2, -0.15) is 0 Å². The summed E-state index contributed by atoms with van der Waals surface area (Å²) in [7, 11) is 1.69. The van der Waals surface area contributed by atoms with Gasteiger partial charge in [-0.25, -0.2) is 0 Å². The second-order valence-corrected chi connectivity index (χ2v) is 23.7. The van der Waals surface area contributed by atoms with E-state index in [4.69, 9.17) is 15.0 Å². The molecule has 15 heteroatoms. The largest absolute Gasteiger partial charge is 0.657 e. The molecule has 0 saturated heterocycles. The minimum atomic E-state index is 0. The monoisotopic (exact) mass is 1660 g/mol. The van der Waals surface area contributed by atoms with E-state index in [1.165, 1.54) is 31.3 Å². The van der Waals surface area contributed by atoms with Crippen molar-refractivity contribution in [2.75, 3.05) is 7.11 Å². The average molecular weight is 1660 g/mol. The molecule has 0 fully saturated rings. The van der Waals surface area contributed by atoms with Crippen LogP contribution < -0.4 is 20.8 Å². The van der Waals surface area contributed by atoms with Crippen LogP contribution in [0.3, 0.4) is 0 Å². The zero-order chi connectivity index (χ0) is 62.8. The fraction of sp³-hybridized carbons (Fsp3) is 0.0241. The molecule has 5 radical (unpaired) electrons. The Kier molecular flexibility index (Phi) is 25.6. The molecule has 0 unspecified atom stereocenters. The van der Waals surface area contributed by atoms with Crippen molar-refractivity contribution in [3.05, 3.63) is 350 Å². The molecule has 0 atom stereocenters. The number of pyridine rings is 2. The summed E-state index contributed by atoms with van der Waals surface area (Å²) in [6.45, 7) is 0. The van der Waals surface area contributed by atoms with Crippen molar-refractivity contribution < 1.29 is 173 Å². The maximum absolute atomic E-state index is 12.9. The molecule has 3 aliphatic heterocycles. The van der Waals surface area contributed by atoms with Crippen molar-refractivity contribution in [3.63, 3.8) is 0 Å². The first-order valence-electron chi connectivity index (χ1n) is 30.5. The van der Waals surface area contributed by atoms with E-state index >= 15 is 0 Å². The van der Waals surface area contributed by atoms with Crippen molar-refractivity contribution in [1.82, 2.24) is 9.97 Å². The number of ether oxygens (including phenoxy) is 1. The van der Waals surface area contributed by atoms with Gasteiger partial charge in [-0.05, 0) is 88.8 Å². The van der Waals surface area contributed by atoms with E-state index in [1.807, 2.05) is 236 Å². The van der Waals surface area contributed by atoms with Gasteiger partial charge in [-0.1, -0.05) is 284 Å². The molecule has 461 valence electrons. The Hall–Kier alpha value is -6.46. The predicted octanol–water partition coefficient (Wildman–Crippen LogP) is 22.0. The van der Waals surface area contributed by atoms with Crippen LogP contribution >= 0.6 is 11.8 Å². The van der Waals surface area contributed by atoms with Crippen LogP contribution in [0, 0.1) is 0 Å². The Labute approximate surface area is 696 Å². The molecule has 14 aromatic carbocycles. The van der Waals surface area contributed by atoms with Crippen LogP contribution in [0.2, 0.25) is 0 Å². The maximum Gasteiger partial charge on any atom is 0.190 e. The van der Waals surface area contributed by atoms with Gasteiger partial charge in [0.25, 0.3) is 0 Å². The summed E-state index contributed by atoms with van der Waals surface area (Å²) in [6.07, 6.45) is 2.47. The van der Waals surface area contributed by atoms with Crippen LogP contribution in [0.15, 0.2) is 311 Å². The molecule has 0 spiro atoms. The first-order valence-corrected chi connectivity index (χ1v) is 31.4. The number of hydrogen-bond donors (Lipinski definition) is 0. The topological polar surface area (TPSA) is 131 Å². The minimum Gasteiger partial charge on any atom is -0.657 e. The summed E-state index contributed by atoms with van der Waals surface area (Å²) in [5, 5.41) is 26.2. The number of hydrogen-bond acceptors (Lipinski definition) is 5. The van der Waals surface area contributed by atoms with E-state index in [2.05, 4.69) is 88.4 Å². The van der Waals surface area contributed by atoms with Crippen molar-refractivity contribution in [3.8, 4) is 0 Å². The van der Waals surface area contributed by atoms with Crippen LogP contribution in [0.5, 0.6) is 0 Å². The van der Waals surface area contributed by atoms with Crippen molar-refractivity contribution >= 4 is 150 Å². The van der Waals surface area contributed by atoms with E-state index < -0.39 is 0 Å². The number of rotatable bonds is 1. The smallest absolute Gasteiger partial charge is 0.190 e. The van der Waals surface area contributed by atoms with Gasteiger partial charge in [0, 0.05) is 203 Å². The van der Waals surface area contributed by atoms with Crippen LogP contribution in [0.25, 0.3) is 114 Å². The van der Waals surface area contributed by atoms with Crippen LogP contribution in [0.1, 0.15) is 27.0 Å². The van der Waals surface area contributed by atoms with Gasteiger partial charge in [-0.3, -0.25) is 14.4 Å². The summed E-state index contributed by atoms with van der Waals surface area (Å²) < 4.78 is 5.46. The third kappa shape index (κ3) is 16.0. The van der Waals surface area contributed by atoms with Crippen molar-refractivity contribution in [2.24, 2.45) is 0 Å². The summed E-state index contributed by atoms with van der Waals surface area (Å²) in [6, 6.07) is 96.1. The zero-order valence-corrected chi connectivity index (χ0v) is 68.2. The van der Waals surface area contributed by atoms with Gasteiger partial charge in [0.1, 0.15) is 5.76 Å². The number of ketones is 1. The molecule has 0 amide bonds. The standard InChI is InChI=1S/C21H13NO.C20H12NS.C15H12NO.C14H11NO.C13H9NO.5Y/c23-21-17-9-13-5-1-3-7-15(13)11-19(17)22-20-12-16-8-4-2-6-14(16)10-18(20)21;1-3-7-15-11-19-17(9-13(15)5-1)21-18-10-14-6-2-4-8-16(14)12-20(18)22-19;1-17-15-10-11-6-2-4-8-13(11)16-14-9-5-3-7-12(14)15;16-14-9-10-5-1-3-7-12(10)15-13-8-4-2-6-11(13)14;15-13-9-5-1-3-7-11(9)14-12-8-4-2-6-10(12)13;;;;;/h1-12H,(H,22,23);1-12H;2-10H,1H3;1-8H,9H2,(H,15,16);1-8H,(H,14,15);;;;;/q;2*-1;;;;;;;/p-3. The molecular weight excluding hydrogens is 1610 g/mol. The molecule has 9 nitrogen and oxygen atoms in total. The quantitative estimate of drug-likeness (QED) is 0.150. The predicted molar refractivity (Wildman–Crippen MR) is 386 cm³/mol. The number of carbonyl (C=O) groups is 1. The number of benzene rings is 14. The Morgan fingerprint density at radius 2 is 0.673 bits per heavy atom. The van der Waals surface area contributed by atoms with Crippen LogP contribution in [0.4, 0.5) is 34.1 Å². The fourth-order valence-electron chi connectivity index (χ4n) is 12.1. The number of methoxy groups -OCH3 is 1. The minimum absolute atomic E-state index is 0. The van der Waals surface area contributed by atoms with E-state index in [0.29, 0.717) is 28.0 Å². The summed E-state index contributed by atoms with van der Waals surface area (Å²) in [5.41, 5.74) is 12.8. The molecule has 0 bridgehead atoms. The first-order chi connectivity index (χ1) is 45.7. The molecule has 3 aliphatic rings. The number of Topliss-reactive ketones (excluding diaryl/α,β-unsaturated/α-hetero) is 1. The fourth-order valence-corrected chi connectivity index (χ4v) is 13.1. The normalized spacial score (nSPS) is 11.6. The Morgan fingerprint density at radius 1 is 0.316 bits per heavy atom. The second-order valence-electron chi connectivity index (χ2n) is 22.7. The average Bonchev–Trinajstić information content (AvgIpc) is 1.04. The van der Waals surface area contributed by atoms with E-state index in [-0.39, 0.29) is 180 Å². The van der Waals surface area contributed by atoms with E-state index in [9.17, 15) is 14.4 Å². The van der Waals surface area contributed by atoms with E-state index in [1.54, 1.807) is 7.11 Å². The summed E-state index contributed by atoms with van der Waals surface area (Å²) in [4.78, 5) is 48.6. The number of nitrogens with zero attached hydrogens (tertiary/aromatic N) is 5. The van der Waals surface area contributed by atoms with E-state index in [0.717, 1.165) is 106 Å². The molecule has 16 aromatic rings. The Morgan fingerprint density at radius 3 is 1.19 bits per heavy atom. The van der Waals surface area contributed by atoms with Crippen molar-refractivity contribution in [1.29, 1.82) is 0 Å². The molecule has 0 saturated carbocycles. The Balaban J connectivity index is 0.000000132. The summed E-state index contributed by atoms with van der Waals surface area (Å²) in [5.74, 6) is 0.999. The maximum atomic E-state index is 12.9. The molecule has 98 heavy (non-hydrogen) atoms. The van der Waals surface area contributed by atoms with Gasteiger partial charge < -0.3 is 30.7 Å². The molecule has 0 N–H and O–H groups in total. The second kappa shape index (κ2) is 33.8. The molecule has 2 aromatic heterocycles. The summed E-state index contributed by atoms with van der Waals surface area (Å²) >= 11 is 1.82. The Bertz CT molecular complexity index is 5480. The molecule has 5 heterocycles. The molecular formula is C83H54N5O4SY5-5. The number of para-hydroxylation sites is 6. The third-order valence-electron chi connectivity index (χ3n) is 16.8. The molecule has 19 rings (SSSR count). The SMILES string of the molecule is COC1=Cc2ccccc2[N-]c2ccccc21.O=C1Cc2ccccc2[N-]c2ccccc21.O=c1c2cc3ccccc3cc2[n-]c2cc3ccccc3cc12.O=c1c2ccccc2[n-]c2ccccc12.[Y].[Y].[Y].[Y].[Y].c1ccc2cc3c(cc2c1)[N-]c1cc2ccccc2cc1S3. The first kappa shape index (κ1) is 74.2. The third-order valence-corrected chi connectivity index (χ3v) is 17.8. The zero-order valence-electron chi connectivity index (χ0n) is 53.2. The van der Waals surface area contributed by atoms with Gasteiger partial charge in [0.05, 0.1) is 7.11 Å². The van der Waals surface area contributed by atoms with Crippen LogP contribution in [-0.2, 0) is 175 Å². The molecule has 0 aliphatic carbocycles. The van der Waals surface area contributed by atoms with Crippen LogP contribution in [-0.4, -0.2) is 12.9 Å². The van der Waals surface area contributed by atoms with Gasteiger partial charge in [-0.15, -0.1) is 56.2 Å². The number of fused-ring (bicyclic) bond motifs is 14. The van der Waals surface area contributed by atoms with Gasteiger partial charge in [0.2, 0.25) is 0 Å².